The van der Waals surface area contributed by atoms with E-state index in [-0.39, 0.29) is 12.0 Å². The molecule has 0 bridgehead atoms. The molecule has 98 valence electrons. The van der Waals surface area contributed by atoms with Crippen molar-refractivity contribution in [2.45, 2.75) is 33.8 Å². The molecule has 3 nitrogen and oxygen atoms in total. The van der Waals surface area contributed by atoms with E-state index >= 15 is 0 Å². The molecule has 0 aromatic carbocycles. The molecule has 0 aliphatic carbocycles. The largest absolute Gasteiger partial charge is 0.392 e. The molecule has 1 aliphatic rings. The van der Waals surface area contributed by atoms with Crippen LogP contribution in [0.5, 0.6) is 0 Å². The molecule has 0 saturated carbocycles. The van der Waals surface area contributed by atoms with Gasteiger partial charge in [0.25, 0.3) is 0 Å². The molecule has 0 fully saturated rings. The van der Waals surface area contributed by atoms with E-state index < -0.39 is 0 Å². The van der Waals surface area contributed by atoms with Gasteiger partial charge in [-0.2, -0.15) is 0 Å². The molecule has 1 aromatic heterocycles. The first kappa shape index (κ1) is 13.1. The molecule has 2 heterocycles. The number of rotatable bonds is 2. The Bertz CT molecular complexity index is 429. The number of nitrogens with zero attached hydrogens (tertiary/aromatic N) is 2. The highest BCUT2D eigenvalue weighted by molar-refractivity contribution is 5.42. The van der Waals surface area contributed by atoms with E-state index in [2.05, 4.69) is 36.7 Å². The quantitative estimate of drug-likeness (QED) is 0.815. The SMILES string of the molecule is CC(C)(C)C1=CCN(c2ccc(CO)cn2)CC1. The first-order valence-corrected chi connectivity index (χ1v) is 6.51. The number of pyridine rings is 1. The topological polar surface area (TPSA) is 36.4 Å². The lowest BCUT2D eigenvalue weighted by molar-refractivity contribution is 0.281. The highest BCUT2D eigenvalue weighted by atomic mass is 16.3. The average Bonchev–Trinajstić information content (AvgIpc) is 2.38. The van der Waals surface area contributed by atoms with Crippen LogP contribution in [0.15, 0.2) is 30.0 Å². The van der Waals surface area contributed by atoms with Gasteiger partial charge in [0.15, 0.2) is 0 Å². The van der Waals surface area contributed by atoms with Crippen LogP contribution in [0.3, 0.4) is 0 Å². The summed E-state index contributed by atoms with van der Waals surface area (Å²) in [5, 5.41) is 9.00. The van der Waals surface area contributed by atoms with Gasteiger partial charge >= 0.3 is 0 Å². The van der Waals surface area contributed by atoms with Crippen LogP contribution in [-0.2, 0) is 6.61 Å². The molecule has 1 aromatic rings. The summed E-state index contributed by atoms with van der Waals surface area (Å²) in [6, 6.07) is 3.92. The molecule has 0 spiro atoms. The van der Waals surface area contributed by atoms with Crippen molar-refractivity contribution in [3.8, 4) is 0 Å². The highest BCUT2D eigenvalue weighted by Crippen LogP contribution is 2.31. The Morgan fingerprint density at radius 2 is 2.11 bits per heavy atom. The standard InChI is InChI=1S/C15H22N2O/c1-15(2,3)13-6-8-17(9-7-13)14-5-4-12(11-18)10-16-14/h4-6,10,18H,7-9,11H2,1-3H3. The lowest BCUT2D eigenvalue weighted by atomic mass is 9.83. The second-order valence-electron chi connectivity index (χ2n) is 5.86. The van der Waals surface area contributed by atoms with Gasteiger partial charge in [-0.05, 0) is 23.5 Å². The van der Waals surface area contributed by atoms with Gasteiger partial charge in [0.05, 0.1) is 6.61 Å². The van der Waals surface area contributed by atoms with Crippen molar-refractivity contribution in [1.82, 2.24) is 4.98 Å². The summed E-state index contributed by atoms with van der Waals surface area (Å²) >= 11 is 0. The predicted octanol–water partition coefficient (Wildman–Crippen LogP) is 2.76. The van der Waals surface area contributed by atoms with E-state index in [1.807, 2.05) is 12.1 Å². The fraction of sp³-hybridized carbons (Fsp3) is 0.533. The molecule has 18 heavy (non-hydrogen) atoms. The molecule has 0 unspecified atom stereocenters. The normalized spacial score (nSPS) is 16.7. The van der Waals surface area contributed by atoms with Crippen LogP contribution >= 0.6 is 0 Å². The van der Waals surface area contributed by atoms with E-state index in [0.29, 0.717) is 0 Å². The van der Waals surface area contributed by atoms with Crippen LogP contribution in [0.1, 0.15) is 32.8 Å². The molecule has 1 aliphatic heterocycles. The first-order valence-electron chi connectivity index (χ1n) is 6.51. The summed E-state index contributed by atoms with van der Waals surface area (Å²) < 4.78 is 0. The van der Waals surface area contributed by atoms with Crippen molar-refractivity contribution >= 4 is 5.82 Å². The Labute approximate surface area is 109 Å². The fourth-order valence-corrected chi connectivity index (χ4v) is 2.26. The average molecular weight is 246 g/mol. The summed E-state index contributed by atoms with van der Waals surface area (Å²) in [7, 11) is 0. The van der Waals surface area contributed by atoms with Crippen LogP contribution in [0.2, 0.25) is 0 Å². The van der Waals surface area contributed by atoms with Crippen molar-refractivity contribution in [3.63, 3.8) is 0 Å². The zero-order chi connectivity index (χ0) is 13.2. The van der Waals surface area contributed by atoms with Crippen LogP contribution in [0.4, 0.5) is 5.82 Å². The maximum atomic E-state index is 9.00. The second-order valence-corrected chi connectivity index (χ2v) is 5.86. The third kappa shape index (κ3) is 2.91. The van der Waals surface area contributed by atoms with Crippen molar-refractivity contribution < 1.29 is 5.11 Å². The van der Waals surface area contributed by atoms with E-state index in [1.54, 1.807) is 6.20 Å². The Kier molecular flexibility index (Phi) is 3.71. The molecule has 3 heteroatoms. The number of aliphatic hydroxyl groups excluding tert-OH is 1. The minimum Gasteiger partial charge on any atom is -0.392 e. The zero-order valence-corrected chi connectivity index (χ0v) is 11.5. The Balaban J connectivity index is 2.07. The molecule has 0 saturated heterocycles. The third-order valence-electron chi connectivity index (χ3n) is 3.49. The van der Waals surface area contributed by atoms with E-state index in [1.165, 1.54) is 5.57 Å². The summed E-state index contributed by atoms with van der Waals surface area (Å²) in [5.74, 6) is 0.997. The number of aromatic nitrogens is 1. The summed E-state index contributed by atoms with van der Waals surface area (Å²) in [5.41, 5.74) is 2.67. The van der Waals surface area contributed by atoms with Gasteiger partial charge in [0.2, 0.25) is 0 Å². The van der Waals surface area contributed by atoms with Gasteiger partial charge in [-0.1, -0.05) is 38.5 Å². The molecular weight excluding hydrogens is 224 g/mol. The molecular formula is C15H22N2O. The number of hydrogen-bond acceptors (Lipinski definition) is 3. The Morgan fingerprint density at radius 1 is 1.33 bits per heavy atom. The van der Waals surface area contributed by atoms with Crippen LogP contribution in [0, 0.1) is 5.41 Å². The van der Waals surface area contributed by atoms with Crippen molar-refractivity contribution in [1.29, 1.82) is 0 Å². The molecule has 2 rings (SSSR count). The van der Waals surface area contributed by atoms with E-state index in [0.717, 1.165) is 30.9 Å². The molecule has 0 atom stereocenters. The van der Waals surface area contributed by atoms with Crippen LogP contribution < -0.4 is 4.90 Å². The van der Waals surface area contributed by atoms with Gasteiger partial charge in [0.1, 0.15) is 5.82 Å². The minimum atomic E-state index is 0.0569. The second kappa shape index (κ2) is 5.11. The van der Waals surface area contributed by atoms with Gasteiger partial charge in [-0.15, -0.1) is 0 Å². The fourth-order valence-electron chi connectivity index (χ4n) is 2.26. The van der Waals surface area contributed by atoms with E-state index in [9.17, 15) is 0 Å². The van der Waals surface area contributed by atoms with Gasteiger partial charge in [0, 0.05) is 19.3 Å². The van der Waals surface area contributed by atoms with Gasteiger partial charge in [-0.25, -0.2) is 4.98 Å². The molecule has 0 radical (unpaired) electrons. The summed E-state index contributed by atoms with van der Waals surface area (Å²) in [4.78, 5) is 6.67. The summed E-state index contributed by atoms with van der Waals surface area (Å²) in [6.07, 6.45) is 5.18. The maximum Gasteiger partial charge on any atom is 0.128 e. The van der Waals surface area contributed by atoms with Crippen LogP contribution in [-0.4, -0.2) is 23.2 Å². The molecule has 1 N–H and O–H groups in total. The zero-order valence-electron chi connectivity index (χ0n) is 11.5. The van der Waals surface area contributed by atoms with Crippen molar-refractivity contribution in [3.05, 3.63) is 35.5 Å². The Hall–Kier alpha value is -1.35. The van der Waals surface area contributed by atoms with Crippen LogP contribution in [0.25, 0.3) is 0 Å². The first-order chi connectivity index (χ1) is 8.50. The monoisotopic (exact) mass is 246 g/mol. The Morgan fingerprint density at radius 3 is 2.56 bits per heavy atom. The minimum absolute atomic E-state index is 0.0569. The third-order valence-corrected chi connectivity index (χ3v) is 3.49. The number of aliphatic hydroxyl groups is 1. The summed E-state index contributed by atoms with van der Waals surface area (Å²) in [6.45, 7) is 8.81. The molecule has 0 amide bonds. The highest BCUT2D eigenvalue weighted by Gasteiger charge is 2.21. The van der Waals surface area contributed by atoms with Crippen molar-refractivity contribution in [2.75, 3.05) is 18.0 Å². The smallest absolute Gasteiger partial charge is 0.128 e. The lowest BCUT2D eigenvalue weighted by Crippen LogP contribution is -2.31. The van der Waals surface area contributed by atoms with Crippen molar-refractivity contribution in [2.24, 2.45) is 5.41 Å². The maximum absolute atomic E-state index is 9.00. The number of hydrogen-bond donors (Lipinski definition) is 1. The number of anilines is 1. The van der Waals surface area contributed by atoms with Gasteiger partial charge in [-0.3, -0.25) is 0 Å². The predicted molar refractivity (Wildman–Crippen MR) is 74.5 cm³/mol. The lowest BCUT2D eigenvalue weighted by Gasteiger charge is -2.32. The van der Waals surface area contributed by atoms with Gasteiger partial charge < -0.3 is 10.0 Å². The van der Waals surface area contributed by atoms with E-state index in [4.69, 9.17) is 5.11 Å².